The lowest BCUT2D eigenvalue weighted by molar-refractivity contribution is -0.138. The number of carbonyl (C=O) groups is 1. The molecule has 1 unspecified atom stereocenters. The SMILES string of the molecule is [N-]=[N+]=NC(C(=O)O)[C@@H](c1ccc(Cl)cc1)c1cccc(F)c1. The van der Waals surface area contributed by atoms with Crippen molar-refractivity contribution in [2.45, 2.75) is 12.0 Å². The normalized spacial score (nSPS) is 13.0. The lowest BCUT2D eigenvalue weighted by Gasteiger charge is -2.21. The smallest absolute Gasteiger partial charge is 0.313 e. The van der Waals surface area contributed by atoms with Crippen LogP contribution >= 0.6 is 11.6 Å². The molecule has 0 heterocycles. The van der Waals surface area contributed by atoms with E-state index in [-0.39, 0.29) is 0 Å². The Balaban J connectivity index is 2.60. The Kier molecular flexibility index (Phi) is 4.99. The van der Waals surface area contributed by atoms with Crippen LogP contribution in [0.5, 0.6) is 0 Å². The second kappa shape index (κ2) is 6.93. The van der Waals surface area contributed by atoms with Gasteiger partial charge in [-0.2, -0.15) is 0 Å². The topological polar surface area (TPSA) is 86.1 Å². The van der Waals surface area contributed by atoms with Crippen LogP contribution in [-0.2, 0) is 4.79 Å². The number of hydrogen-bond donors (Lipinski definition) is 1. The zero-order valence-electron chi connectivity index (χ0n) is 11.2. The zero-order valence-corrected chi connectivity index (χ0v) is 12.0. The molecule has 0 saturated carbocycles. The quantitative estimate of drug-likeness (QED) is 0.504. The Morgan fingerprint density at radius 1 is 1.23 bits per heavy atom. The third-order valence-corrected chi connectivity index (χ3v) is 3.43. The van der Waals surface area contributed by atoms with Crippen LogP contribution in [0.25, 0.3) is 10.4 Å². The number of aliphatic carboxylic acids is 1. The molecule has 7 heteroatoms. The van der Waals surface area contributed by atoms with Gasteiger partial charge in [0.1, 0.15) is 11.9 Å². The number of carboxylic acids is 1. The van der Waals surface area contributed by atoms with Gasteiger partial charge in [-0.15, -0.1) is 0 Å². The van der Waals surface area contributed by atoms with Crippen LogP contribution < -0.4 is 0 Å². The average molecular weight is 320 g/mol. The lowest BCUT2D eigenvalue weighted by Crippen LogP contribution is -2.26. The molecule has 2 atom stereocenters. The van der Waals surface area contributed by atoms with E-state index in [1.807, 2.05) is 0 Å². The van der Waals surface area contributed by atoms with Crippen LogP contribution in [0.3, 0.4) is 0 Å². The van der Waals surface area contributed by atoms with Gasteiger partial charge >= 0.3 is 5.97 Å². The van der Waals surface area contributed by atoms with Gasteiger partial charge in [-0.25, -0.2) is 4.39 Å². The number of nitrogens with zero attached hydrogens (tertiary/aromatic N) is 3. The number of benzene rings is 2. The van der Waals surface area contributed by atoms with Crippen LogP contribution in [0.1, 0.15) is 17.0 Å². The molecule has 2 rings (SSSR count). The molecule has 1 N–H and O–H groups in total. The molecule has 0 bridgehead atoms. The Morgan fingerprint density at radius 2 is 1.91 bits per heavy atom. The summed E-state index contributed by atoms with van der Waals surface area (Å²) in [5, 5.41) is 13.2. The summed E-state index contributed by atoms with van der Waals surface area (Å²) in [6, 6.07) is 10.6. The van der Waals surface area contributed by atoms with Crippen molar-refractivity contribution in [3.8, 4) is 0 Å². The Morgan fingerprint density at radius 3 is 2.45 bits per heavy atom. The van der Waals surface area contributed by atoms with E-state index in [2.05, 4.69) is 10.0 Å². The zero-order chi connectivity index (χ0) is 16.1. The van der Waals surface area contributed by atoms with E-state index < -0.39 is 23.7 Å². The molecule has 2 aromatic carbocycles. The van der Waals surface area contributed by atoms with E-state index >= 15 is 0 Å². The minimum Gasteiger partial charge on any atom is -0.481 e. The summed E-state index contributed by atoms with van der Waals surface area (Å²) in [5.41, 5.74) is 9.60. The average Bonchev–Trinajstić information content (AvgIpc) is 2.48. The Bertz CT molecular complexity index is 728. The molecule has 2 aromatic rings. The molecule has 0 aliphatic carbocycles. The van der Waals surface area contributed by atoms with Gasteiger partial charge in [0.05, 0.1) is 0 Å². The second-order valence-corrected chi connectivity index (χ2v) is 5.01. The minimum absolute atomic E-state index is 0.405. The summed E-state index contributed by atoms with van der Waals surface area (Å²) in [4.78, 5) is 14.0. The van der Waals surface area contributed by atoms with Crippen LogP contribution in [-0.4, -0.2) is 17.1 Å². The molecule has 0 spiro atoms. The highest BCUT2D eigenvalue weighted by Gasteiger charge is 2.30. The van der Waals surface area contributed by atoms with E-state index in [0.29, 0.717) is 16.1 Å². The fraction of sp³-hybridized carbons (Fsp3) is 0.133. The number of azide groups is 1. The predicted octanol–water partition coefficient (Wildman–Crippen LogP) is 4.37. The van der Waals surface area contributed by atoms with E-state index in [4.69, 9.17) is 17.1 Å². The summed E-state index contributed by atoms with van der Waals surface area (Å²) in [5.74, 6) is -2.61. The predicted molar refractivity (Wildman–Crippen MR) is 80.3 cm³/mol. The van der Waals surface area contributed by atoms with Crippen LogP contribution in [0.2, 0.25) is 5.02 Å². The molecule has 0 aromatic heterocycles. The largest absolute Gasteiger partial charge is 0.481 e. The van der Waals surface area contributed by atoms with Gasteiger partial charge in [0.15, 0.2) is 0 Å². The first-order valence-electron chi connectivity index (χ1n) is 6.31. The highest BCUT2D eigenvalue weighted by atomic mass is 35.5. The number of halogens is 2. The summed E-state index contributed by atoms with van der Waals surface area (Å²) in [6.07, 6.45) is 0. The van der Waals surface area contributed by atoms with Crippen molar-refractivity contribution < 1.29 is 14.3 Å². The second-order valence-electron chi connectivity index (χ2n) is 4.57. The van der Waals surface area contributed by atoms with Crippen LogP contribution in [0.15, 0.2) is 53.6 Å². The first kappa shape index (κ1) is 15.8. The molecule has 0 amide bonds. The molecule has 0 aliphatic heterocycles. The van der Waals surface area contributed by atoms with Crippen molar-refractivity contribution in [3.63, 3.8) is 0 Å². The summed E-state index contributed by atoms with van der Waals surface area (Å²) >= 11 is 5.83. The third-order valence-electron chi connectivity index (χ3n) is 3.18. The molecule has 0 radical (unpaired) electrons. The van der Waals surface area contributed by atoms with E-state index in [1.54, 1.807) is 30.3 Å². The van der Waals surface area contributed by atoms with Gasteiger partial charge in [-0.1, -0.05) is 41.0 Å². The Labute approximate surface area is 130 Å². The molecule has 0 aliphatic rings. The molecule has 0 fully saturated rings. The lowest BCUT2D eigenvalue weighted by atomic mass is 9.85. The van der Waals surface area contributed by atoms with Gasteiger partial charge in [0, 0.05) is 15.9 Å². The standard InChI is InChI=1S/C15H11ClFN3O2/c16-11-6-4-9(5-7-11)13(14(15(21)22)19-20-18)10-2-1-3-12(17)8-10/h1-8,13-14H,(H,21,22)/t13-,14?/m0/s1. The summed E-state index contributed by atoms with van der Waals surface area (Å²) < 4.78 is 13.5. The fourth-order valence-corrected chi connectivity index (χ4v) is 2.37. The molecular formula is C15H11ClFN3O2. The maximum absolute atomic E-state index is 13.5. The van der Waals surface area contributed by atoms with Crippen molar-refractivity contribution in [3.05, 3.63) is 80.9 Å². The molecule has 0 saturated heterocycles. The number of rotatable bonds is 5. The highest BCUT2D eigenvalue weighted by Crippen LogP contribution is 2.31. The van der Waals surface area contributed by atoms with Gasteiger partial charge < -0.3 is 5.11 Å². The van der Waals surface area contributed by atoms with E-state index in [1.165, 1.54) is 18.2 Å². The van der Waals surface area contributed by atoms with Gasteiger partial charge in [-0.05, 0) is 40.9 Å². The van der Waals surface area contributed by atoms with Crippen LogP contribution in [0, 0.1) is 5.82 Å². The summed E-state index contributed by atoms with van der Waals surface area (Å²) in [6.45, 7) is 0. The van der Waals surface area contributed by atoms with Crippen molar-refractivity contribution in [1.29, 1.82) is 0 Å². The molecule has 112 valence electrons. The van der Waals surface area contributed by atoms with Gasteiger partial charge in [0.2, 0.25) is 0 Å². The maximum Gasteiger partial charge on any atom is 0.313 e. The maximum atomic E-state index is 13.5. The third kappa shape index (κ3) is 3.55. The highest BCUT2D eigenvalue weighted by molar-refractivity contribution is 6.30. The van der Waals surface area contributed by atoms with E-state index in [9.17, 15) is 14.3 Å². The van der Waals surface area contributed by atoms with Crippen molar-refractivity contribution >= 4 is 17.6 Å². The number of hydrogen-bond acceptors (Lipinski definition) is 2. The first-order chi connectivity index (χ1) is 10.5. The van der Waals surface area contributed by atoms with Gasteiger partial charge in [0.25, 0.3) is 0 Å². The molecule has 5 nitrogen and oxygen atoms in total. The molecular weight excluding hydrogens is 309 g/mol. The minimum atomic E-state index is -1.40. The molecule has 22 heavy (non-hydrogen) atoms. The van der Waals surface area contributed by atoms with Crippen molar-refractivity contribution in [1.82, 2.24) is 0 Å². The Hall–Kier alpha value is -2.56. The fourth-order valence-electron chi connectivity index (χ4n) is 2.24. The van der Waals surface area contributed by atoms with E-state index in [0.717, 1.165) is 0 Å². The summed E-state index contributed by atoms with van der Waals surface area (Å²) in [7, 11) is 0. The van der Waals surface area contributed by atoms with Gasteiger partial charge in [-0.3, -0.25) is 4.79 Å². The van der Waals surface area contributed by atoms with Crippen molar-refractivity contribution in [2.75, 3.05) is 0 Å². The monoisotopic (exact) mass is 319 g/mol. The number of carboxylic acid groups (broad SMARTS) is 1. The first-order valence-corrected chi connectivity index (χ1v) is 6.68. The van der Waals surface area contributed by atoms with Crippen molar-refractivity contribution in [2.24, 2.45) is 5.11 Å². The van der Waals surface area contributed by atoms with Crippen LogP contribution in [0.4, 0.5) is 4.39 Å².